The molecule has 0 saturated heterocycles. The molecule has 0 aliphatic rings. The number of rotatable bonds is 5. The number of fused-ring (bicyclic) bond motifs is 1. The lowest BCUT2D eigenvalue weighted by Crippen LogP contribution is -2.30. The van der Waals surface area contributed by atoms with E-state index in [0.717, 1.165) is 6.42 Å². The maximum atomic E-state index is 12.8. The van der Waals surface area contributed by atoms with Gasteiger partial charge < -0.3 is 10.1 Å². The van der Waals surface area contributed by atoms with E-state index in [4.69, 9.17) is 0 Å². The van der Waals surface area contributed by atoms with Crippen molar-refractivity contribution in [1.82, 2.24) is 14.9 Å². The normalized spacial score (nSPS) is 11.8. The van der Waals surface area contributed by atoms with Crippen LogP contribution < -0.4 is 10.6 Å². The van der Waals surface area contributed by atoms with Crippen LogP contribution in [0, 0.1) is 0 Å². The highest BCUT2D eigenvalue weighted by molar-refractivity contribution is 7.85. The zero-order valence-corrected chi connectivity index (χ0v) is 16.3. The molecule has 0 radical (unpaired) electrons. The Morgan fingerprint density at radius 3 is 2.57 bits per heavy atom. The number of methoxy groups -OCH3 is 1. The highest BCUT2D eigenvalue weighted by atomic mass is 32.2. The fourth-order valence-electron chi connectivity index (χ4n) is 2.60. The van der Waals surface area contributed by atoms with Gasteiger partial charge in [0.2, 0.25) is 5.95 Å². The van der Waals surface area contributed by atoms with Crippen molar-refractivity contribution < 1.29 is 18.5 Å². The third-order valence-corrected chi connectivity index (χ3v) is 5.31. The Labute approximate surface area is 164 Å². The van der Waals surface area contributed by atoms with Gasteiger partial charge in [0.1, 0.15) is 0 Å². The van der Waals surface area contributed by atoms with E-state index in [2.05, 4.69) is 20.4 Å². The standard InChI is InChI=1S/C19H20N4O4S/c1-3-11-20-18(24)23-16-10-9-14(28(26)13-7-5-4-6-8-13)12-15(16)21-17(23)22-19(25)27-2/h4-10,12H,3,11H2,1-2H3,(H,20,24)(H,21,22,25). The lowest BCUT2D eigenvalue weighted by molar-refractivity contribution is 0.186. The molecule has 1 atom stereocenters. The van der Waals surface area contributed by atoms with Crippen molar-refractivity contribution in [2.75, 3.05) is 19.0 Å². The summed E-state index contributed by atoms with van der Waals surface area (Å²) in [6.45, 7) is 2.41. The summed E-state index contributed by atoms with van der Waals surface area (Å²) in [6, 6.07) is 13.6. The van der Waals surface area contributed by atoms with E-state index >= 15 is 0 Å². The minimum absolute atomic E-state index is 0.0260. The van der Waals surface area contributed by atoms with Gasteiger partial charge in [-0.3, -0.25) is 5.32 Å². The number of hydrogen-bond donors (Lipinski definition) is 2. The van der Waals surface area contributed by atoms with Crippen LogP contribution in [0.15, 0.2) is 58.3 Å². The highest BCUT2D eigenvalue weighted by Crippen LogP contribution is 2.24. The Kier molecular flexibility index (Phi) is 6.05. The van der Waals surface area contributed by atoms with E-state index < -0.39 is 22.9 Å². The van der Waals surface area contributed by atoms with E-state index in [0.29, 0.717) is 27.4 Å². The molecule has 0 spiro atoms. The molecular weight excluding hydrogens is 380 g/mol. The molecule has 1 aromatic heterocycles. The molecule has 1 heterocycles. The third kappa shape index (κ3) is 4.04. The first-order chi connectivity index (χ1) is 13.5. The van der Waals surface area contributed by atoms with Crippen molar-refractivity contribution in [1.29, 1.82) is 0 Å². The predicted octanol–water partition coefficient (Wildman–Crippen LogP) is 3.35. The van der Waals surface area contributed by atoms with Crippen molar-refractivity contribution in [3.8, 4) is 0 Å². The lowest BCUT2D eigenvalue weighted by Gasteiger charge is -2.09. The molecule has 3 aromatic rings. The van der Waals surface area contributed by atoms with Gasteiger partial charge in [-0.15, -0.1) is 0 Å². The summed E-state index contributed by atoms with van der Waals surface area (Å²) in [5, 5.41) is 5.20. The van der Waals surface area contributed by atoms with Crippen LogP contribution in [0.2, 0.25) is 0 Å². The summed E-state index contributed by atoms with van der Waals surface area (Å²) in [4.78, 5) is 29.7. The zero-order valence-electron chi connectivity index (χ0n) is 15.5. The number of anilines is 1. The second-order valence-electron chi connectivity index (χ2n) is 5.85. The minimum atomic E-state index is -1.39. The average molecular weight is 400 g/mol. The molecule has 0 saturated carbocycles. The summed E-state index contributed by atoms with van der Waals surface area (Å²) < 4.78 is 18.7. The number of aromatic nitrogens is 2. The molecule has 9 heteroatoms. The number of carbonyl (C=O) groups excluding carboxylic acids is 2. The summed E-state index contributed by atoms with van der Waals surface area (Å²) in [6.07, 6.45) is 0.0196. The number of carbonyl (C=O) groups is 2. The molecule has 0 aliphatic carbocycles. The second kappa shape index (κ2) is 8.66. The maximum Gasteiger partial charge on any atom is 0.413 e. The summed E-state index contributed by atoms with van der Waals surface area (Å²) in [5.74, 6) is 0.0260. The van der Waals surface area contributed by atoms with Crippen molar-refractivity contribution in [3.05, 3.63) is 48.5 Å². The van der Waals surface area contributed by atoms with Crippen LogP contribution in [0.25, 0.3) is 11.0 Å². The molecule has 1 unspecified atom stereocenters. The molecule has 2 amide bonds. The first-order valence-electron chi connectivity index (χ1n) is 8.67. The SMILES string of the molecule is CCCNC(=O)n1c(NC(=O)OC)nc2cc(S(=O)c3ccccc3)ccc21. The van der Waals surface area contributed by atoms with Crippen LogP contribution >= 0.6 is 0 Å². The minimum Gasteiger partial charge on any atom is -0.453 e. The van der Waals surface area contributed by atoms with Crippen LogP contribution in [0.4, 0.5) is 15.5 Å². The predicted molar refractivity (Wildman–Crippen MR) is 106 cm³/mol. The molecule has 0 aliphatic heterocycles. The molecule has 2 N–H and O–H groups in total. The number of imidazole rings is 1. The summed E-state index contributed by atoms with van der Waals surface area (Å²) in [5.41, 5.74) is 0.911. The van der Waals surface area contributed by atoms with Crippen molar-refractivity contribution in [2.45, 2.75) is 23.1 Å². The monoisotopic (exact) mass is 400 g/mol. The van der Waals surface area contributed by atoms with E-state index in [9.17, 15) is 13.8 Å². The molecular formula is C19H20N4O4S. The molecule has 146 valence electrons. The molecule has 0 bridgehead atoms. The Hall–Kier alpha value is -3.20. The van der Waals surface area contributed by atoms with Gasteiger partial charge in [0, 0.05) is 16.3 Å². The number of nitrogens with one attached hydrogen (secondary N) is 2. The molecule has 3 rings (SSSR count). The van der Waals surface area contributed by atoms with E-state index in [1.54, 1.807) is 30.3 Å². The Morgan fingerprint density at radius 2 is 1.89 bits per heavy atom. The van der Waals surface area contributed by atoms with Gasteiger partial charge in [-0.1, -0.05) is 25.1 Å². The number of benzene rings is 2. The van der Waals surface area contributed by atoms with Crippen LogP contribution in [-0.2, 0) is 15.5 Å². The van der Waals surface area contributed by atoms with Crippen LogP contribution in [0.1, 0.15) is 13.3 Å². The van der Waals surface area contributed by atoms with Gasteiger partial charge in [-0.05, 0) is 36.8 Å². The van der Waals surface area contributed by atoms with Gasteiger partial charge in [-0.25, -0.2) is 23.3 Å². The fourth-order valence-corrected chi connectivity index (χ4v) is 3.69. The summed E-state index contributed by atoms with van der Waals surface area (Å²) in [7, 11) is -0.167. The first kappa shape index (κ1) is 19.6. The van der Waals surface area contributed by atoms with Gasteiger partial charge in [0.25, 0.3) is 0 Å². The lowest BCUT2D eigenvalue weighted by atomic mass is 10.3. The zero-order chi connectivity index (χ0) is 20.1. The quantitative estimate of drug-likeness (QED) is 0.684. The Bertz CT molecular complexity index is 1030. The van der Waals surface area contributed by atoms with Gasteiger partial charge in [0.05, 0.1) is 28.9 Å². The van der Waals surface area contributed by atoms with Crippen LogP contribution in [-0.4, -0.2) is 39.5 Å². The second-order valence-corrected chi connectivity index (χ2v) is 7.33. The van der Waals surface area contributed by atoms with Crippen molar-refractivity contribution in [2.24, 2.45) is 0 Å². The Balaban J connectivity index is 2.04. The number of nitrogens with zero attached hydrogens (tertiary/aromatic N) is 2. The molecule has 28 heavy (non-hydrogen) atoms. The van der Waals surface area contributed by atoms with Crippen molar-refractivity contribution >= 4 is 39.9 Å². The number of hydrogen-bond acceptors (Lipinski definition) is 5. The smallest absolute Gasteiger partial charge is 0.413 e. The summed E-state index contributed by atoms with van der Waals surface area (Å²) >= 11 is 0. The third-order valence-electron chi connectivity index (χ3n) is 3.93. The van der Waals surface area contributed by atoms with Gasteiger partial charge >= 0.3 is 12.1 Å². The number of ether oxygens (including phenoxy) is 1. The van der Waals surface area contributed by atoms with Crippen LogP contribution in [0.5, 0.6) is 0 Å². The first-order valence-corrected chi connectivity index (χ1v) is 9.82. The van der Waals surface area contributed by atoms with E-state index in [-0.39, 0.29) is 5.95 Å². The van der Waals surface area contributed by atoms with Gasteiger partial charge in [-0.2, -0.15) is 0 Å². The molecule has 2 aromatic carbocycles. The van der Waals surface area contributed by atoms with Crippen molar-refractivity contribution in [3.63, 3.8) is 0 Å². The molecule has 0 fully saturated rings. The average Bonchev–Trinajstić information content (AvgIpc) is 3.08. The Morgan fingerprint density at radius 1 is 1.14 bits per heavy atom. The van der Waals surface area contributed by atoms with Gasteiger partial charge in [0.15, 0.2) is 0 Å². The fraction of sp³-hybridized carbons (Fsp3) is 0.211. The topological polar surface area (TPSA) is 102 Å². The molecule has 8 nitrogen and oxygen atoms in total. The largest absolute Gasteiger partial charge is 0.453 e. The number of amides is 2. The van der Waals surface area contributed by atoms with Crippen LogP contribution in [0.3, 0.4) is 0 Å². The highest BCUT2D eigenvalue weighted by Gasteiger charge is 2.20. The van der Waals surface area contributed by atoms with E-state index in [1.807, 2.05) is 25.1 Å². The maximum absolute atomic E-state index is 12.8. The van der Waals surface area contributed by atoms with E-state index in [1.165, 1.54) is 11.7 Å².